The molecule has 0 bridgehead atoms. The van der Waals surface area contributed by atoms with Crippen molar-refractivity contribution in [2.45, 2.75) is 52.5 Å². The minimum Gasteiger partial charge on any atom is -0.328 e. The molecule has 0 N–H and O–H groups in total. The summed E-state index contributed by atoms with van der Waals surface area (Å²) in [6.07, 6.45) is 2.65. The van der Waals surface area contributed by atoms with Crippen molar-refractivity contribution in [3.63, 3.8) is 0 Å². The Morgan fingerprint density at radius 2 is 1.86 bits per heavy atom. The smallest absolute Gasteiger partial charge is 0.227 e. The van der Waals surface area contributed by atoms with Gasteiger partial charge in [0.05, 0.1) is 11.0 Å². The average Bonchev–Trinajstić information content (AvgIpc) is 3.27. The molecule has 4 heteroatoms. The normalized spacial score (nSPS) is 17.2. The van der Waals surface area contributed by atoms with Crippen LogP contribution in [0.5, 0.6) is 0 Å². The number of para-hydroxylation sites is 2. The molecule has 0 saturated carbocycles. The van der Waals surface area contributed by atoms with Crippen molar-refractivity contribution >= 4 is 22.6 Å². The molecule has 0 radical (unpaired) electrons. The van der Waals surface area contributed by atoms with Crippen LogP contribution in [0.4, 0.5) is 5.69 Å². The standard InChI is InChI=1S/C24H29N3O/c1-4-18-9-11-20(12-10-18)27-16-19(15-23(27)28)24-25-21-7-5-6-8-22(21)26(24)14-13-17(2)3/h5-12,17,19H,4,13-16H2,1-3H3. The van der Waals surface area contributed by atoms with E-state index in [0.717, 1.165) is 36.4 Å². The number of aryl methyl sites for hydroxylation is 2. The number of benzene rings is 2. The van der Waals surface area contributed by atoms with Gasteiger partial charge in [-0.15, -0.1) is 0 Å². The third kappa shape index (κ3) is 3.56. The van der Waals surface area contributed by atoms with Crippen molar-refractivity contribution in [2.24, 2.45) is 5.92 Å². The second kappa shape index (κ2) is 7.78. The third-order valence-corrected chi connectivity index (χ3v) is 5.76. The van der Waals surface area contributed by atoms with E-state index in [1.54, 1.807) is 0 Å². The van der Waals surface area contributed by atoms with E-state index in [1.165, 1.54) is 11.1 Å². The molecule has 28 heavy (non-hydrogen) atoms. The Kier molecular flexibility index (Phi) is 5.21. The number of fused-ring (bicyclic) bond motifs is 1. The molecule has 3 aromatic rings. The van der Waals surface area contributed by atoms with Crippen LogP contribution in [0.3, 0.4) is 0 Å². The van der Waals surface area contributed by atoms with Gasteiger partial charge in [0.25, 0.3) is 0 Å². The molecule has 1 aliphatic heterocycles. The molecule has 146 valence electrons. The molecular formula is C24H29N3O. The maximum Gasteiger partial charge on any atom is 0.227 e. The number of nitrogens with zero attached hydrogens (tertiary/aromatic N) is 3. The van der Waals surface area contributed by atoms with E-state index in [2.05, 4.69) is 67.8 Å². The largest absolute Gasteiger partial charge is 0.328 e. The first kappa shape index (κ1) is 18.7. The monoisotopic (exact) mass is 375 g/mol. The summed E-state index contributed by atoms with van der Waals surface area (Å²) >= 11 is 0. The van der Waals surface area contributed by atoms with E-state index in [0.29, 0.717) is 18.9 Å². The van der Waals surface area contributed by atoms with E-state index in [1.807, 2.05) is 11.0 Å². The van der Waals surface area contributed by atoms with E-state index in [9.17, 15) is 4.79 Å². The lowest BCUT2D eigenvalue weighted by molar-refractivity contribution is -0.117. The fraction of sp³-hybridized carbons (Fsp3) is 0.417. The van der Waals surface area contributed by atoms with Gasteiger partial charge in [-0.05, 0) is 48.6 Å². The summed E-state index contributed by atoms with van der Waals surface area (Å²) < 4.78 is 2.34. The third-order valence-electron chi connectivity index (χ3n) is 5.76. The van der Waals surface area contributed by atoms with Crippen molar-refractivity contribution in [3.8, 4) is 0 Å². The summed E-state index contributed by atoms with van der Waals surface area (Å²) in [7, 11) is 0. The van der Waals surface area contributed by atoms with Crippen LogP contribution in [0.2, 0.25) is 0 Å². The summed E-state index contributed by atoms with van der Waals surface area (Å²) in [6, 6.07) is 16.7. The van der Waals surface area contributed by atoms with Crippen LogP contribution >= 0.6 is 0 Å². The fourth-order valence-corrected chi connectivity index (χ4v) is 4.07. The number of hydrogen-bond donors (Lipinski definition) is 0. The number of aromatic nitrogens is 2. The Morgan fingerprint density at radius 3 is 2.57 bits per heavy atom. The molecule has 1 fully saturated rings. The Hall–Kier alpha value is -2.62. The molecular weight excluding hydrogens is 346 g/mol. The van der Waals surface area contributed by atoms with Crippen LogP contribution in [-0.2, 0) is 17.8 Å². The molecule has 1 aromatic heterocycles. The van der Waals surface area contributed by atoms with Gasteiger partial charge in [-0.3, -0.25) is 4.79 Å². The van der Waals surface area contributed by atoms with E-state index < -0.39 is 0 Å². The van der Waals surface area contributed by atoms with Gasteiger partial charge in [-0.2, -0.15) is 0 Å². The lowest BCUT2D eigenvalue weighted by Crippen LogP contribution is -2.24. The first-order valence-corrected chi connectivity index (χ1v) is 10.4. The number of carbonyl (C=O) groups is 1. The summed E-state index contributed by atoms with van der Waals surface area (Å²) in [6.45, 7) is 8.30. The quantitative estimate of drug-likeness (QED) is 0.596. The van der Waals surface area contributed by atoms with E-state index >= 15 is 0 Å². The van der Waals surface area contributed by atoms with Crippen molar-refractivity contribution in [1.29, 1.82) is 0 Å². The van der Waals surface area contributed by atoms with Gasteiger partial charge in [-0.25, -0.2) is 4.98 Å². The first-order chi connectivity index (χ1) is 13.6. The Bertz CT molecular complexity index is 971. The van der Waals surface area contributed by atoms with Crippen molar-refractivity contribution in [1.82, 2.24) is 9.55 Å². The second-order valence-electron chi connectivity index (χ2n) is 8.22. The van der Waals surface area contributed by atoms with Gasteiger partial charge in [-0.1, -0.05) is 45.0 Å². The molecule has 0 spiro atoms. The Balaban J connectivity index is 1.64. The number of amides is 1. The van der Waals surface area contributed by atoms with Gasteiger partial charge >= 0.3 is 0 Å². The molecule has 0 aliphatic carbocycles. The van der Waals surface area contributed by atoms with Gasteiger partial charge in [0.15, 0.2) is 0 Å². The highest BCUT2D eigenvalue weighted by Gasteiger charge is 2.34. The zero-order valence-electron chi connectivity index (χ0n) is 17.1. The number of hydrogen-bond acceptors (Lipinski definition) is 2. The SMILES string of the molecule is CCc1ccc(N2CC(c3nc4ccccc4n3CCC(C)C)CC2=O)cc1. The number of imidazole rings is 1. The van der Waals surface area contributed by atoms with Crippen molar-refractivity contribution in [2.75, 3.05) is 11.4 Å². The van der Waals surface area contributed by atoms with Crippen LogP contribution < -0.4 is 4.90 Å². The molecule has 2 aromatic carbocycles. The maximum absolute atomic E-state index is 12.8. The number of anilines is 1. The van der Waals surface area contributed by atoms with Crippen LogP contribution in [-0.4, -0.2) is 22.0 Å². The fourth-order valence-electron chi connectivity index (χ4n) is 4.07. The molecule has 4 rings (SSSR count). The predicted octanol–water partition coefficient (Wildman–Crippen LogP) is 5.17. The average molecular weight is 376 g/mol. The second-order valence-corrected chi connectivity index (χ2v) is 8.22. The molecule has 1 amide bonds. The zero-order chi connectivity index (χ0) is 19.7. The molecule has 4 nitrogen and oxygen atoms in total. The minimum absolute atomic E-state index is 0.137. The predicted molar refractivity (Wildman–Crippen MR) is 115 cm³/mol. The van der Waals surface area contributed by atoms with Crippen LogP contribution in [0, 0.1) is 5.92 Å². The molecule has 1 saturated heterocycles. The number of carbonyl (C=O) groups excluding carboxylic acids is 1. The maximum atomic E-state index is 12.8. The van der Waals surface area contributed by atoms with Crippen LogP contribution in [0.15, 0.2) is 48.5 Å². The summed E-state index contributed by atoms with van der Waals surface area (Å²) in [5.74, 6) is 2.02. The highest BCUT2D eigenvalue weighted by Crippen LogP contribution is 2.33. The molecule has 1 atom stereocenters. The lowest BCUT2D eigenvalue weighted by atomic mass is 10.1. The summed E-state index contributed by atoms with van der Waals surface area (Å²) in [5, 5.41) is 0. The highest BCUT2D eigenvalue weighted by molar-refractivity contribution is 5.96. The Morgan fingerprint density at radius 1 is 1.11 bits per heavy atom. The minimum atomic E-state index is 0.137. The van der Waals surface area contributed by atoms with Gasteiger partial charge < -0.3 is 9.47 Å². The van der Waals surface area contributed by atoms with Gasteiger partial charge in [0.1, 0.15) is 5.82 Å². The Labute approximate surface area is 167 Å². The summed E-state index contributed by atoms with van der Waals surface area (Å²) in [4.78, 5) is 19.7. The highest BCUT2D eigenvalue weighted by atomic mass is 16.2. The first-order valence-electron chi connectivity index (χ1n) is 10.4. The van der Waals surface area contributed by atoms with Gasteiger partial charge in [0, 0.05) is 31.1 Å². The van der Waals surface area contributed by atoms with E-state index in [-0.39, 0.29) is 11.8 Å². The molecule has 2 heterocycles. The molecule has 1 aliphatic rings. The lowest BCUT2D eigenvalue weighted by Gasteiger charge is -2.18. The van der Waals surface area contributed by atoms with Crippen LogP contribution in [0.1, 0.15) is 50.9 Å². The van der Waals surface area contributed by atoms with Crippen LogP contribution in [0.25, 0.3) is 11.0 Å². The van der Waals surface area contributed by atoms with Gasteiger partial charge in [0.2, 0.25) is 5.91 Å². The summed E-state index contributed by atoms with van der Waals surface area (Å²) in [5.41, 5.74) is 4.49. The van der Waals surface area contributed by atoms with E-state index in [4.69, 9.17) is 4.98 Å². The topological polar surface area (TPSA) is 38.1 Å². The molecule has 1 unspecified atom stereocenters. The van der Waals surface area contributed by atoms with Crippen molar-refractivity contribution < 1.29 is 4.79 Å². The zero-order valence-corrected chi connectivity index (χ0v) is 17.1. The number of rotatable bonds is 6. The van der Waals surface area contributed by atoms with Crippen molar-refractivity contribution in [3.05, 3.63) is 59.9 Å².